The molecule has 6 nitrogen and oxygen atoms in total. The summed E-state index contributed by atoms with van der Waals surface area (Å²) in [6.45, 7) is 2.39. The molecule has 3 aromatic rings. The molecule has 0 saturated heterocycles. The second-order valence-electron chi connectivity index (χ2n) is 7.30. The number of benzene rings is 2. The molecule has 1 heterocycles. The molecule has 1 atom stereocenters. The monoisotopic (exact) mass is 405 g/mol. The number of imidazole rings is 1. The lowest BCUT2D eigenvalue weighted by molar-refractivity contribution is 0.0578. The molecule has 0 fully saturated rings. The Hall–Kier alpha value is -3.41. The minimum Gasteiger partial charge on any atom is -0.465 e. The van der Waals surface area contributed by atoms with E-state index in [1.165, 1.54) is 12.7 Å². The Morgan fingerprint density at radius 3 is 2.37 bits per heavy atom. The molecule has 2 aromatic carbocycles. The number of aromatic nitrogens is 2. The van der Waals surface area contributed by atoms with Crippen molar-refractivity contribution >= 4 is 11.9 Å². The van der Waals surface area contributed by atoms with Crippen LogP contribution in [0.5, 0.6) is 0 Å². The van der Waals surface area contributed by atoms with Crippen molar-refractivity contribution in [3.05, 3.63) is 89.5 Å². The highest BCUT2D eigenvalue weighted by Crippen LogP contribution is 2.19. The summed E-state index contributed by atoms with van der Waals surface area (Å²) in [7, 11) is 3.22. The van der Waals surface area contributed by atoms with Gasteiger partial charge in [-0.2, -0.15) is 0 Å². The third-order valence-electron chi connectivity index (χ3n) is 5.28. The Bertz CT molecular complexity index is 998. The average Bonchev–Trinajstić information content (AvgIpc) is 3.19. The van der Waals surface area contributed by atoms with E-state index in [0.29, 0.717) is 12.1 Å². The molecule has 0 radical (unpaired) electrons. The van der Waals surface area contributed by atoms with Crippen LogP contribution in [0.25, 0.3) is 0 Å². The van der Waals surface area contributed by atoms with Crippen LogP contribution in [0.1, 0.15) is 45.4 Å². The van der Waals surface area contributed by atoms with E-state index >= 15 is 0 Å². The van der Waals surface area contributed by atoms with Gasteiger partial charge in [-0.05, 0) is 37.5 Å². The Labute approximate surface area is 177 Å². The number of carbonyl (C=O) groups is 2. The summed E-state index contributed by atoms with van der Waals surface area (Å²) in [4.78, 5) is 31.9. The van der Waals surface area contributed by atoms with Crippen molar-refractivity contribution in [2.45, 2.75) is 32.4 Å². The smallest absolute Gasteiger partial charge is 0.338 e. The van der Waals surface area contributed by atoms with Crippen LogP contribution < -0.4 is 0 Å². The lowest BCUT2D eigenvalue weighted by Gasteiger charge is -2.30. The van der Waals surface area contributed by atoms with Crippen LogP contribution in [-0.4, -0.2) is 39.5 Å². The molecule has 0 saturated carbocycles. The number of rotatable bonds is 8. The molecule has 0 aliphatic carbocycles. The molecule has 0 spiro atoms. The van der Waals surface area contributed by atoms with Crippen LogP contribution in [0.4, 0.5) is 0 Å². The van der Waals surface area contributed by atoms with Crippen LogP contribution in [-0.2, 0) is 24.8 Å². The predicted octanol–water partition coefficient (Wildman–Crippen LogP) is 3.87. The van der Waals surface area contributed by atoms with Crippen molar-refractivity contribution in [3.63, 3.8) is 0 Å². The lowest BCUT2D eigenvalue weighted by atomic mass is 10.0. The SMILES string of the molecule is COC(=O)c1ccccc1C(=O)N(Cc1nccn1C)[C@H](C)CCc1ccccc1. The van der Waals surface area contributed by atoms with E-state index in [2.05, 4.69) is 17.1 Å². The number of nitrogens with zero attached hydrogens (tertiary/aromatic N) is 3. The van der Waals surface area contributed by atoms with Crippen LogP contribution in [0.2, 0.25) is 0 Å². The zero-order valence-electron chi connectivity index (χ0n) is 17.6. The van der Waals surface area contributed by atoms with Crippen LogP contribution in [0.15, 0.2) is 67.0 Å². The highest BCUT2D eigenvalue weighted by molar-refractivity contribution is 6.05. The molecule has 6 heteroatoms. The molecule has 0 bridgehead atoms. The highest BCUT2D eigenvalue weighted by Gasteiger charge is 2.26. The van der Waals surface area contributed by atoms with E-state index in [-0.39, 0.29) is 17.5 Å². The molecule has 1 aromatic heterocycles. The summed E-state index contributed by atoms with van der Waals surface area (Å²) in [5.74, 6) is 0.0536. The quantitative estimate of drug-likeness (QED) is 0.534. The maximum Gasteiger partial charge on any atom is 0.338 e. The first-order chi connectivity index (χ1) is 14.5. The standard InChI is InChI=1S/C24H27N3O3/c1-18(13-14-19-9-5-4-6-10-19)27(17-22-25-15-16-26(22)2)23(28)20-11-7-8-12-21(20)24(29)30-3/h4-12,15-16,18H,13-14,17H2,1-3H3/t18-/m1/s1. The van der Waals surface area contributed by atoms with Crippen molar-refractivity contribution in [3.8, 4) is 0 Å². The normalized spacial score (nSPS) is 11.7. The number of hydrogen-bond donors (Lipinski definition) is 0. The maximum absolute atomic E-state index is 13.6. The fourth-order valence-corrected chi connectivity index (χ4v) is 3.42. The molecule has 1 amide bonds. The summed E-state index contributed by atoms with van der Waals surface area (Å²) in [6.07, 6.45) is 5.22. The zero-order chi connectivity index (χ0) is 21.5. The topological polar surface area (TPSA) is 64.4 Å². The van der Waals surface area contributed by atoms with Crippen LogP contribution in [0.3, 0.4) is 0 Å². The fraction of sp³-hybridized carbons (Fsp3) is 0.292. The summed E-state index contributed by atoms with van der Waals surface area (Å²) in [5.41, 5.74) is 1.83. The van der Waals surface area contributed by atoms with Crippen molar-refractivity contribution in [2.75, 3.05) is 7.11 Å². The largest absolute Gasteiger partial charge is 0.465 e. The third kappa shape index (κ3) is 4.95. The first-order valence-corrected chi connectivity index (χ1v) is 9.99. The van der Waals surface area contributed by atoms with E-state index in [0.717, 1.165) is 18.7 Å². The minimum atomic E-state index is -0.521. The van der Waals surface area contributed by atoms with Gasteiger partial charge in [0.2, 0.25) is 0 Å². The van der Waals surface area contributed by atoms with Gasteiger partial charge in [0, 0.05) is 25.5 Å². The number of carbonyl (C=O) groups excluding carboxylic acids is 2. The summed E-state index contributed by atoms with van der Waals surface area (Å²) < 4.78 is 6.77. The number of esters is 1. The van der Waals surface area contributed by atoms with Gasteiger partial charge in [0.05, 0.1) is 24.8 Å². The van der Waals surface area contributed by atoms with E-state index in [1.54, 1.807) is 35.4 Å². The molecular formula is C24H27N3O3. The first kappa shape index (κ1) is 21.3. The molecule has 156 valence electrons. The first-order valence-electron chi connectivity index (χ1n) is 9.99. The minimum absolute atomic E-state index is 0.0555. The second kappa shape index (κ2) is 9.87. The van der Waals surface area contributed by atoms with Crippen molar-refractivity contribution in [1.82, 2.24) is 14.5 Å². The van der Waals surface area contributed by atoms with Gasteiger partial charge in [-0.15, -0.1) is 0 Å². The predicted molar refractivity (Wildman–Crippen MR) is 115 cm³/mol. The molecule has 0 aliphatic heterocycles. The Morgan fingerprint density at radius 2 is 1.73 bits per heavy atom. The molecular weight excluding hydrogens is 378 g/mol. The Morgan fingerprint density at radius 1 is 1.07 bits per heavy atom. The van der Waals surface area contributed by atoms with Gasteiger partial charge in [-0.3, -0.25) is 4.79 Å². The van der Waals surface area contributed by atoms with Crippen molar-refractivity contribution < 1.29 is 14.3 Å². The molecule has 3 rings (SSSR count). The number of methoxy groups -OCH3 is 1. The zero-order valence-corrected chi connectivity index (χ0v) is 17.6. The number of hydrogen-bond acceptors (Lipinski definition) is 4. The average molecular weight is 405 g/mol. The summed E-state index contributed by atoms with van der Waals surface area (Å²) >= 11 is 0. The van der Waals surface area contributed by atoms with Crippen molar-refractivity contribution in [2.24, 2.45) is 7.05 Å². The van der Waals surface area contributed by atoms with E-state index in [1.807, 2.05) is 42.9 Å². The van der Waals surface area contributed by atoms with E-state index < -0.39 is 5.97 Å². The summed E-state index contributed by atoms with van der Waals surface area (Å²) in [6, 6.07) is 16.9. The Kier molecular flexibility index (Phi) is 7.01. The Balaban J connectivity index is 1.88. The van der Waals surface area contributed by atoms with Crippen LogP contribution >= 0.6 is 0 Å². The van der Waals surface area contributed by atoms with Crippen LogP contribution in [0, 0.1) is 0 Å². The van der Waals surface area contributed by atoms with E-state index in [9.17, 15) is 9.59 Å². The highest BCUT2D eigenvalue weighted by atomic mass is 16.5. The van der Waals surface area contributed by atoms with E-state index in [4.69, 9.17) is 4.74 Å². The van der Waals surface area contributed by atoms with Gasteiger partial charge in [-0.1, -0.05) is 42.5 Å². The maximum atomic E-state index is 13.6. The molecule has 0 unspecified atom stereocenters. The lowest BCUT2D eigenvalue weighted by Crippen LogP contribution is -2.39. The second-order valence-corrected chi connectivity index (χ2v) is 7.30. The van der Waals surface area contributed by atoms with Gasteiger partial charge in [0.1, 0.15) is 5.82 Å². The number of amides is 1. The molecule has 30 heavy (non-hydrogen) atoms. The molecule has 0 aliphatic rings. The van der Waals surface area contributed by atoms with Gasteiger partial charge in [-0.25, -0.2) is 9.78 Å². The summed E-state index contributed by atoms with van der Waals surface area (Å²) in [5, 5.41) is 0. The van der Waals surface area contributed by atoms with Gasteiger partial charge < -0.3 is 14.2 Å². The molecule has 0 N–H and O–H groups in total. The van der Waals surface area contributed by atoms with Gasteiger partial charge in [0.15, 0.2) is 0 Å². The fourth-order valence-electron chi connectivity index (χ4n) is 3.42. The van der Waals surface area contributed by atoms with Gasteiger partial charge in [0.25, 0.3) is 5.91 Å². The number of ether oxygens (including phenoxy) is 1. The van der Waals surface area contributed by atoms with Crippen molar-refractivity contribution in [1.29, 1.82) is 0 Å². The van der Waals surface area contributed by atoms with Gasteiger partial charge >= 0.3 is 5.97 Å². The number of aryl methyl sites for hydroxylation is 2. The third-order valence-corrected chi connectivity index (χ3v) is 5.28.